The van der Waals surface area contributed by atoms with E-state index in [0.29, 0.717) is 0 Å². The lowest BCUT2D eigenvalue weighted by molar-refractivity contribution is -0.140. The molecule has 0 amide bonds. The molecule has 0 aromatic heterocycles. The summed E-state index contributed by atoms with van der Waals surface area (Å²) in [5, 5.41) is 0. The Kier molecular flexibility index (Phi) is 5.66. The second kappa shape index (κ2) is 7.36. The zero-order chi connectivity index (χ0) is 18.0. The number of esters is 2. The first-order chi connectivity index (χ1) is 11.3. The number of halogens is 1. The zero-order valence-electron chi connectivity index (χ0n) is 14.4. The van der Waals surface area contributed by atoms with E-state index in [4.69, 9.17) is 14.2 Å². The van der Waals surface area contributed by atoms with Crippen LogP contribution < -0.4 is 4.90 Å². The molecule has 0 saturated heterocycles. The number of carbonyl (C=O) groups excluding carboxylic acids is 2. The summed E-state index contributed by atoms with van der Waals surface area (Å²) < 4.78 is 16.1. The van der Waals surface area contributed by atoms with Gasteiger partial charge in [0.25, 0.3) is 0 Å². The van der Waals surface area contributed by atoms with Crippen molar-refractivity contribution < 1.29 is 23.8 Å². The van der Waals surface area contributed by atoms with E-state index in [2.05, 4.69) is 15.9 Å². The van der Waals surface area contributed by atoms with Crippen LogP contribution in [0.3, 0.4) is 0 Å². The summed E-state index contributed by atoms with van der Waals surface area (Å²) in [6.07, 6.45) is 0. The summed E-state index contributed by atoms with van der Waals surface area (Å²) in [4.78, 5) is 26.1. The maximum Gasteiger partial charge on any atom is 0.355 e. The summed E-state index contributed by atoms with van der Waals surface area (Å²) >= 11 is 3.57. The van der Waals surface area contributed by atoms with E-state index in [0.717, 1.165) is 26.9 Å². The van der Waals surface area contributed by atoms with Crippen molar-refractivity contribution in [3.05, 3.63) is 38.5 Å². The molecule has 1 aromatic carbocycles. The molecule has 0 saturated carbocycles. The summed E-state index contributed by atoms with van der Waals surface area (Å²) in [5.74, 6) is -1.21. The van der Waals surface area contributed by atoms with Gasteiger partial charge in [0.2, 0.25) is 0 Å². The molecule has 2 rings (SSSR count). The lowest BCUT2D eigenvalue weighted by Gasteiger charge is -2.33. The highest BCUT2D eigenvalue weighted by Crippen LogP contribution is 2.37. The molecule has 0 atom stereocenters. The molecule has 1 heterocycles. The molecule has 0 N–H and O–H groups in total. The van der Waals surface area contributed by atoms with Gasteiger partial charge in [-0.05, 0) is 37.5 Å². The largest absolute Gasteiger partial charge is 0.466 e. The Balaban J connectivity index is 2.71. The average molecular weight is 398 g/mol. The summed E-state index contributed by atoms with van der Waals surface area (Å²) in [6, 6.07) is 2.01. The smallest absolute Gasteiger partial charge is 0.355 e. The highest BCUT2D eigenvalue weighted by molar-refractivity contribution is 9.10. The van der Waals surface area contributed by atoms with Crippen LogP contribution in [0, 0.1) is 20.8 Å². The van der Waals surface area contributed by atoms with E-state index in [-0.39, 0.29) is 24.6 Å². The molecule has 6 nitrogen and oxygen atoms in total. The Morgan fingerprint density at radius 1 is 1.12 bits per heavy atom. The van der Waals surface area contributed by atoms with Crippen LogP contribution in [0.2, 0.25) is 0 Å². The third-order valence-electron chi connectivity index (χ3n) is 3.94. The Labute approximate surface area is 149 Å². The number of rotatable bonds is 3. The third-order valence-corrected chi connectivity index (χ3v) is 5.16. The van der Waals surface area contributed by atoms with E-state index in [9.17, 15) is 9.59 Å². The standard InChI is InChI=1S/C17H20BrNO5/c1-9-6-10(2)14(11(3)13(9)18)19-8-24-7-12(16(20)22-4)15(19)17(21)23-5/h6H,7-8H2,1-5H3. The van der Waals surface area contributed by atoms with Crippen LogP contribution in [0.1, 0.15) is 16.7 Å². The summed E-state index contributed by atoms with van der Waals surface area (Å²) in [6.45, 7) is 6.03. The fraction of sp³-hybridized carbons (Fsp3) is 0.412. The Morgan fingerprint density at radius 3 is 2.33 bits per heavy atom. The average Bonchev–Trinajstić information content (AvgIpc) is 2.58. The Bertz CT molecular complexity index is 726. The van der Waals surface area contributed by atoms with Crippen molar-refractivity contribution in [3.8, 4) is 0 Å². The first kappa shape index (κ1) is 18.5. The van der Waals surface area contributed by atoms with E-state index >= 15 is 0 Å². The van der Waals surface area contributed by atoms with Crippen molar-refractivity contribution in [2.45, 2.75) is 20.8 Å². The molecule has 7 heteroatoms. The van der Waals surface area contributed by atoms with Gasteiger partial charge in [-0.2, -0.15) is 0 Å². The van der Waals surface area contributed by atoms with Crippen molar-refractivity contribution in [2.75, 3.05) is 32.5 Å². The lowest BCUT2D eigenvalue weighted by atomic mass is 10.0. The predicted molar refractivity (Wildman–Crippen MR) is 92.7 cm³/mol. The molecule has 1 aromatic rings. The van der Waals surface area contributed by atoms with Crippen LogP contribution in [-0.2, 0) is 23.8 Å². The molecule has 0 spiro atoms. The van der Waals surface area contributed by atoms with E-state index in [1.807, 2.05) is 26.8 Å². The fourth-order valence-electron chi connectivity index (χ4n) is 2.89. The van der Waals surface area contributed by atoms with Crippen molar-refractivity contribution in [1.29, 1.82) is 0 Å². The number of hydrogen-bond acceptors (Lipinski definition) is 6. The van der Waals surface area contributed by atoms with Gasteiger partial charge in [-0.1, -0.05) is 22.0 Å². The Morgan fingerprint density at radius 2 is 1.75 bits per heavy atom. The first-order valence-electron chi connectivity index (χ1n) is 7.34. The molecular weight excluding hydrogens is 378 g/mol. The Hall–Kier alpha value is -1.86. The van der Waals surface area contributed by atoms with Gasteiger partial charge in [0.05, 0.1) is 32.1 Å². The van der Waals surface area contributed by atoms with Gasteiger partial charge < -0.3 is 19.1 Å². The van der Waals surface area contributed by atoms with Crippen LogP contribution >= 0.6 is 15.9 Å². The quantitative estimate of drug-likeness (QED) is 0.730. The predicted octanol–water partition coefficient (Wildman–Crippen LogP) is 2.77. The number of carbonyl (C=O) groups is 2. The van der Waals surface area contributed by atoms with Gasteiger partial charge in [0, 0.05) is 4.47 Å². The van der Waals surface area contributed by atoms with Crippen molar-refractivity contribution in [3.63, 3.8) is 0 Å². The van der Waals surface area contributed by atoms with E-state index in [1.54, 1.807) is 4.90 Å². The van der Waals surface area contributed by atoms with Gasteiger partial charge in [-0.25, -0.2) is 9.59 Å². The molecule has 130 valence electrons. The van der Waals surface area contributed by atoms with Crippen LogP contribution in [0.5, 0.6) is 0 Å². The molecule has 0 fully saturated rings. The number of methoxy groups -OCH3 is 2. The topological polar surface area (TPSA) is 65.1 Å². The van der Waals surface area contributed by atoms with Crippen LogP contribution in [0.4, 0.5) is 5.69 Å². The van der Waals surface area contributed by atoms with Crippen LogP contribution in [-0.4, -0.2) is 39.5 Å². The number of ether oxygens (including phenoxy) is 3. The molecule has 0 aliphatic carbocycles. The van der Waals surface area contributed by atoms with Crippen LogP contribution in [0.25, 0.3) is 0 Å². The van der Waals surface area contributed by atoms with E-state index < -0.39 is 11.9 Å². The van der Waals surface area contributed by atoms with Gasteiger partial charge in [0.15, 0.2) is 0 Å². The van der Waals surface area contributed by atoms with Crippen molar-refractivity contribution in [2.24, 2.45) is 0 Å². The molecule has 1 aliphatic heterocycles. The van der Waals surface area contributed by atoms with Crippen molar-refractivity contribution >= 4 is 33.6 Å². The monoisotopic (exact) mass is 397 g/mol. The number of hydrogen-bond donors (Lipinski definition) is 0. The number of aryl methyl sites for hydroxylation is 2. The van der Waals surface area contributed by atoms with E-state index in [1.165, 1.54) is 14.2 Å². The SMILES string of the molecule is COC(=O)C1=C(C(=O)OC)N(c2c(C)cc(C)c(Br)c2C)COC1. The van der Waals surface area contributed by atoms with Gasteiger partial charge in [-0.3, -0.25) is 0 Å². The molecule has 0 bridgehead atoms. The maximum atomic E-state index is 12.4. The molecular formula is C17H20BrNO5. The molecule has 0 unspecified atom stereocenters. The fourth-order valence-corrected chi connectivity index (χ4v) is 3.19. The second-order valence-electron chi connectivity index (χ2n) is 5.51. The molecule has 24 heavy (non-hydrogen) atoms. The highest BCUT2D eigenvalue weighted by atomic mass is 79.9. The maximum absolute atomic E-state index is 12.4. The molecule has 0 radical (unpaired) electrons. The highest BCUT2D eigenvalue weighted by Gasteiger charge is 2.34. The summed E-state index contributed by atoms with van der Waals surface area (Å²) in [7, 11) is 2.55. The third kappa shape index (κ3) is 3.18. The first-order valence-corrected chi connectivity index (χ1v) is 8.14. The zero-order valence-corrected chi connectivity index (χ0v) is 15.9. The number of nitrogens with zero attached hydrogens (tertiary/aromatic N) is 1. The second-order valence-corrected chi connectivity index (χ2v) is 6.31. The number of benzene rings is 1. The minimum absolute atomic E-state index is 0.00126. The normalized spacial score (nSPS) is 14.7. The van der Waals surface area contributed by atoms with Gasteiger partial charge in [-0.15, -0.1) is 0 Å². The minimum atomic E-state index is -0.610. The minimum Gasteiger partial charge on any atom is -0.466 e. The van der Waals surface area contributed by atoms with Gasteiger partial charge in [0.1, 0.15) is 12.4 Å². The number of anilines is 1. The van der Waals surface area contributed by atoms with Crippen LogP contribution in [0.15, 0.2) is 21.8 Å². The summed E-state index contributed by atoms with van der Waals surface area (Å²) in [5.41, 5.74) is 4.09. The molecule has 1 aliphatic rings. The van der Waals surface area contributed by atoms with Gasteiger partial charge >= 0.3 is 11.9 Å². The lowest BCUT2D eigenvalue weighted by Crippen LogP contribution is -2.39. The van der Waals surface area contributed by atoms with Crippen molar-refractivity contribution in [1.82, 2.24) is 0 Å².